The normalized spacial score (nSPS) is 13.3. The molecule has 2 atom stereocenters. The summed E-state index contributed by atoms with van der Waals surface area (Å²) in [6, 6.07) is 0. The number of ether oxygens (including phenoxy) is 2. The molecule has 0 radical (unpaired) electrons. The van der Waals surface area contributed by atoms with E-state index in [9.17, 15) is 19.0 Å². The number of esters is 2. The Bertz CT molecular complexity index is 1050. The molecule has 0 aliphatic heterocycles. The Morgan fingerprint density at radius 3 is 1.16 bits per heavy atom. The van der Waals surface area contributed by atoms with Crippen LogP contribution in [0.1, 0.15) is 258 Å². The third kappa shape index (κ3) is 47.8. The van der Waals surface area contributed by atoms with Crippen LogP contribution in [0.2, 0.25) is 0 Å². The number of phosphoric acid groups is 1. The third-order valence-corrected chi connectivity index (χ3v) is 12.3. The monoisotopic (exact) mass is 884 g/mol. The van der Waals surface area contributed by atoms with Crippen LogP contribution in [0.3, 0.4) is 0 Å². The van der Waals surface area contributed by atoms with Gasteiger partial charge in [-0.25, -0.2) is 4.57 Å². The number of phosphoric ester groups is 1. The van der Waals surface area contributed by atoms with Gasteiger partial charge in [-0.1, -0.05) is 205 Å². The topological polar surface area (TPSA) is 134 Å². The van der Waals surface area contributed by atoms with Crippen LogP contribution >= 0.6 is 7.82 Å². The lowest BCUT2D eigenvalue weighted by Gasteiger charge is -2.19. The lowest BCUT2D eigenvalue weighted by Crippen LogP contribution is -2.29. The molecular formula is C51H98NO8P. The highest BCUT2D eigenvalue weighted by Crippen LogP contribution is 2.43. The summed E-state index contributed by atoms with van der Waals surface area (Å²) in [6.45, 7) is 3.77. The summed E-state index contributed by atoms with van der Waals surface area (Å²) in [5.41, 5.74) is 5.37. The van der Waals surface area contributed by atoms with Crippen molar-refractivity contribution in [2.45, 2.75) is 264 Å². The van der Waals surface area contributed by atoms with Crippen molar-refractivity contribution in [3.63, 3.8) is 0 Å². The number of unbranched alkanes of at least 4 members (excludes halogenated alkanes) is 32. The Labute approximate surface area is 376 Å². The highest BCUT2D eigenvalue weighted by atomic mass is 31.2. The number of nitrogens with two attached hydrogens (primary N) is 1. The Morgan fingerprint density at radius 1 is 0.475 bits per heavy atom. The lowest BCUT2D eigenvalue weighted by molar-refractivity contribution is -0.161. The minimum Gasteiger partial charge on any atom is -0.462 e. The zero-order valence-corrected chi connectivity index (χ0v) is 40.8. The fourth-order valence-corrected chi connectivity index (χ4v) is 8.21. The zero-order valence-electron chi connectivity index (χ0n) is 39.9. The quantitative estimate of drug-likeness (QED) is 0.0265. The number of hydrogen-bond acceptors (Lipinski definition) is 8. The summed E-state index contributed by atoms with van der Waals surface area (Å²) >= 11 is 0. The van der Waals surface area contributed by atoms with E-state index in [0.717, 1.165) is 38.5 Å². The summed E-state index contributed by atoms with van der Waals surface area (Å²) < 4.78 is 32.9. The Balaban J connectivity index is 4.02. The van der Waals surface area contributed by atoms with Crippen LogP contribution in [0.5, 0.6) is 0 Å². The molecule has 0 amide bonds. The third-order valence-electron chi connectivity index (χ3n) is 11.3. The van der Waals surface area contributed by atoms with Crippen molar-refractivity contribution in [2.75, 3.05) is 26.4 Å². The second-order valence-electron chi connectivity index (χ2n) is 17.4. The van der Waals surface area contributed by atoms with Gasteiger partial charge in [-0.15, -0.1) is 0 Å². The van der Waals surface area contributed by atoms with E-state index in [0.29, 0.717) is 6.42 Å². The van der Waals surface area contributed by atoms with E-state index in [1.165, 1.54) is 186 Å². The maximum Gasteiger partial charge on any atom is 0.472 e. The number of allylic oxidation sites excluding steroid dienone is 4. The highest BCUT2D eigenvalue weighted by molar-refractivity contribution is 7.47. The van der Waals surface area contributed by atoms with E-state index in [-0.39, 0.29) is 38.6 Å². The maximum atomic E-state index is 12.7. The molecule has 61 heavy (non-hydrogen) atoms. The first kappa shape index (κ1) is 59.5. The molecule has 0 rings (SSSR count). The van der Waals surface area contributed by atoms with Crippen LogP contribution in [0.4, 0.5) is 0 Å². The standard InChI is InChI=1S/C51H98NO8P/c1-3-5-7-9-11-13-15-17-19-21-23-24-26-28-30-32-34-36-38-40-42-44-51(54)60-49(48-59-61(55,56)58-46-45-52)47-57-50(53)43-41-39-37-35-33-31-29-27-25-22-20-18-16-14-12-10-8-6-4-2/h17-20,49H,3-16,21-48,52H2,1-2H3,(H,55,56). The largest absolute Gasteiger partial charge is 0.472 e. The van der Waals surface area contributed by atoms with Gasteiger partial charge in [0, 0.05) is 19.4 Å². The molecule has 0 aromatic carbocycles. The lowest BCUT2D eigenvalue weighted by atomic mass is 10.0. The van der Waals surface area contributed by atoms with Gasteiger partial charge in [0.15, 0.2) is 6.10 Å². The Kier molecular flexibility index (Phi) is 46.8. The first-order valence-electron chi connectivity index (χ1n) is 25.8. The summed E-state index contributed by atoms with van der Waals surface area (Å²) in [7, 11) is -4.38. The fourth-order valence-electron chi connectivity index (χ4n) is 7.45. The molecule has 9 nitrogen and oxygen atoms in total. The molecule has 0 aromatic heterocycles. The fraction of sp³-hybridized carbons (Fsp3) is 0.882. The predicted molar refractivity (Wildman–Crippen MR) is 257 cm³/mol. The SMILES string of the molecule is CCCCCCCCC=CCCCCCCCCCCCCCC(=O)OC(COC(=O)CCCCCCCCCCCC=CCCCCCCCC)COP(=O)(O)OCCN. The van der Waals surface area contributed by atoms with E-state index in [1.807, 2.05) is 0 Å². The Morgan fingerprint density at radius 2 is 0.803 bits per heavy atom. The summed E-state index contributed by atoms with van der Waals surface area (Å²) in [4.78, 5) is 35.1. The van der Waals surface area contributed by atoms with Crippen LogP contribution in [0.15, 0.2) is 24.3 Å². The van der Waals surface area contributed by atoms with Crippen molar-refractivity contribution in [2.24, 2.45) is 5.73 Å². The van der Waals surface area contributed by atoms with Gasteiger partial charge in [0.25, 0.3) is 0 Å². The van der Waals surface area contributed by atoms with Crippen LogP contribution in [0.25, 0.3) is 0 Å². The molecule has 0 saturated heterocycles. The summed E-state index contributed by atoms with van der Waals surface area (Å²) in [6.07, 6.45) is 53.5. The minimum atomic E-state index is -4.38. The second-order valence-corrected chi connectivity index (χ2v) is 18.8. The molecule has 360 valence electrons. The zero-order chi connectivity index (χ0) is 44.6. The maximum absolute atomic E-state index is 12.7. The minimum absolute atomic E-state index is 0.0547. The molecule has 0 aliphatic rings. The van der Waals surface area contributed by atoms with E-state index in [4.69, 9.17) is 24.3 Å². The van der Waals surface area contributed by atoms with Gasteiger partial charge < -0.3 is 20.1 Å². The van der Waals surface area contributed by atoms with E-state index in [2.05, 4.69) is 38.2 Å². The Hall–Kier alpha value is -1.51. The highest BCUT2D eigenvalue weighted by Gasteiger charge is 2.26. The molecule has 10 heteroatoms. The molecule has 3 N–H and O–H groups in total. The number of rotatable bonds is 49. The molecule has 0 fully saturated rings. The molecule has 0 aliphatic carbocycles. The number of carbonyl (C=O) groups is 2. The van der Waals surface area contributed by atoms with Crippen molar-refractivity contribution in [1.82, 2.24) is 0 Å². The summed E-state index contributed by atoms with van der Waals surface area (Å²) in [5.74, 6) is -0.820. The van der Waals surface area contributed by atoms with E-state index < -0.39 is 26.5 Å². The van der Waals surface area contributed by atoms with Gasteiger partial charge in [0.05, 0.1) is 13.2 Å². The van der Waals surface area contributed by atoms with Crippen LogP contribution in [-0.2, 0) is 32.7 Å². The smallest absolute Gasteiger partial charge is 0.462 e. The first-order valence-corrected chi connectivity index (χ1v) is 27.3. The van der Waals surface area contributed by atoms with E-state index in [1.54, 1.807) is 0 Å². The molecule has 0 aromatic rings. The predicted octanol–water partition coefficient (Wildman–Crippen LogP) is 15.5. The first-order chi connectivity index (χ1) is 29.8. The number of carbonyl (C=O) groups excluding carboxylic acids is 2. The molecule has 2 unspecified atom stereocenters. The van der Waals surface area contributed by atoms with Crippen molar-refractivity contribution in [3.8, 4) is 0 Å². The average Bonchev–Trinajstić information content (AvgIpc) is 3.25. The molecule has 0 saturated carbocycles. The van der Waals surface area contributed by atoms with Crippen LogP contribution in [0, 0.1) is 0 Å². The van der Waals surface area contributed by atoms with Gasteiger partial charge in [0.1, 0.15) is 6.61 Å². The summed E-state index contributed by atoms with van der Waals surface area (Å²) in [5, 5.41) is 0. The van der Waals surface area contributed by atoms with Gasteiger partial charge in [-0.3, -0.25) is 18.6 Å². The molecular weight excluding hydrogens is 786 g/mol. The van der Waals surface area contributed by atoms with E-state index >= 15 is 0 Å². The van der Waals surface area contributed by atoms with Crippen LogP contribution in [-0.4, -0.2) is 49.3 Å². The number of hydrogen-bond donors (Lipinski definition) is 2. The van der Waals surface area contributed by atoms with Crippen molar-refractivity contribution >= 4 is 19.8 Å². The van der Waals surface area contributed by atoms with Gasteiger partial charge in [-0.2, -0.15) is 0 Å². The van der Waals surface area contributed by atoms with Crippen molar-refractivity contribution in [1.29, 1.82) is 0 Å². The van der Waals surface area contributed by atoms with Gasteiger partial charge in [0.2, 0.25) is 0 Å². The molecule has 0 spiro atoms. The second kappa shape index (κ2) is 48.0. The molecule has 0 bridgehead atoms. The molecule has 0 heterocycles. The average molecular weight is 884 g/mol. The van der Waals surface area contributed by atoms with Crippen LogP contribution < -0.4 is 5.73 Å². The van der Waals surface area contributed by atoms with Gasteiger partial charge >= 0.3 is 19.8 Å². The van der Waals surface area contributed by atoms with Gasteiger partial charge in [-0.05, 0) is 64.2 Å². The van der Waals surface area contributed by atoms with Crippen molar-refractivity contribution < 1.29 is 37.6 Å². The van der Waals surface area contributed by atoms with Crippen molar-refractivity contribution in [3.05, 3.63) is 24.3 Å².